The highest BCUT2D eigenvalue weighted by molar-refractivity contribution is 6.30. The lowest BCUT2D eigenvalue weighted by Gasteiger charge is -2.08. The minimum atomic E-state index is -0.372. The number of phenolic OH excluding ortho intramolecular Hbond substituents is 1. The van der Waals surface area contributed by atoms with Crippen molar-refractivity contribution in [3.8, 4) is 5.75 Å². The summed E-state index contributed by atoms with van der Waals surface area (Å²) in [6.45, 7) is 3.53. The van der Waals surface area contributed by atoms with Crippen LogP contribution < -0.4 is 5.73 Å². The third-order valence-electron chi connectivity index (χ3n) is 1.60. The molecule has 0 saturated carbocycles. The maximum Gasteiger partial charge on any atom is 0.120 e. The van der Waals surface area contributed by atoms with Gasteiger partial charge in [-0.3, -0.25) is 0 Å². The topological polar surface area (TPSA) is 46.2 Å². The van der Waals surface area contributed by atoms with E-state index in [0.29, 0.717) is 10.6 Å². The lowest BCUT2D eigenvalue weighted by atomic mass is 10.1. The highest BCUT2D eigenvalue weighted by Crippen LogP contribution is 2.26. The van der Waals surface area contributed by atoms with Crippen LogP contribution in [-0.2, 0) is 0 Å². The lowest BCUT2D eigenvalue weighted by Crippen LogP contribution is -2.06. The number of rotatable bonds is 2. The molecule has 0 heterocycles. The second-order valence-corrected chi connectivity index (χ2v) is 2.90. The Kier molecular flexibility index (Phi) is 2.74. The van der Waals surface area contributed by atoms with Crippen LogP contribution in [0.15, 0.2) is 30.9 Å². The molecule has 12 heavy (non-hydrogen) atoms. The molecule has 0 aliphatic heterocycles. The summed E-state index contributed by atoms with van der Waals surface area (Å²) in [6, 6.07) is 4.38. The molecule has 3 heteroatoms. The van der Waals surface area contributed by atoms with Gasteiger partial charge in [0.2, 0.25) is 0 Å². The monoisotopic (exact) mass is 183 g/mol. The van der Waals surface area contributed by atoms with E-state index in [2.05, 4.69) is 6.58 Å². The van der Waals surface area contributed by atoms with Crippen molar-refractivity contribution in [2.75, 3.05) is 0 Å². The van der Waals surface area contributed by atoms with Crippen LogP contribution in [0.1, 0.15) is 11.6 Å². The largest absolute Gasteiger partial charge is 0.508 e. The fourth-order valence-corrected chi connectivity index (χ4v) is 1.10. The van der Waals surface area contributed by atoms with Crippen LogP contribution in [0, 0.1) is 0 Å². The highest BCUT2D eigenvalue weighted by atomic mass is 35.5. The van der Waals surface area contributed by atoms with Gasteiger partial charge in [-0.25, -0.2) is 0 Å². The fourth-order valence-electron chi connectivity index (χ4n) is 0.919. The van der Waals surface area contributed by atoms with E-state index in [1.165, 1.54) is 6.07 Å². The van der Waals surface area contributed by atoms with Gasteiger partial charge >= 0.3 is 0 Å². The van der Waals surface area contributed by atoms with Crippen molar-refractivity contribution < 1.29 is 5.11 Å². The van der Waals surface area contributed by atoms with Gasteiger partial charge in [-0.15, -0.1) is 6.58 Å². The normalized spacial score (nSPS) is 12.5. The molecule has 0 bridgehead atoms. The van der Waals surface area contributed by atoms with Crippen LogP contribution in [-0.4, -0.2) is 5.11 Å². The van der Waals surface area contributed by atoms with Crippen molar-refractivity contribution in [1.82, 2.24) is 0 Å². The quantitative estimate of drug-likeness (QED) is 0.691. The van der Waals surface area contributed by atoms with Gasteiger partial charge < -0.3 is 10.8 Å². The number of nitrogens with two attached hydrogens (primary N) is 1. The van der Waals surface area contributed by atoms with Gasteiger partial charge in [0.05, 0.1) is 6.04 Å². The zero-order valence-electron chi connectivity index (χ0n) is 6.50. The second-order valence-electron chi connectivity index (χ2n) is 2.46. The fraction of sp³-hybridized carbons (Fsp3) is 0.111. The molecule has 0 aliphatic rings. The van der Waals surface area contributed by atoms with Gasteiger partial charge in [0, 0.05) is 10.6 Å². The first-order valence-electron chi connectivity index (χ1n) is 3.51. The van der Waals surface area contributed by atoms with Crippen molar-refractivity contribution in [2.24, 2.45) is 5.73 Å². The summed E-state index contributed by atoms with van der Waals surface area (Å²) in [5.41, 5.74) is 6.22. The molecule has 2 nitrogen and oxygen atoms in total. The Balaban J connectivity index is 3.12. The molecular formula is C9H10ClNO. The minimum absolute atomic E-state index is 0.145. The Labute approximate surface area is 76.3 Å². The highest BCUT2D eigenvalue weighted by Gasteiger charge is 2.07. The maximum absolute atomic E-state index is 9.35. The number of halogens is 1. The van der Waals surface area contributed by atoms with E-state index in [1.54, 1.807) is 18.2 Å². The van der Waals surface area contributed by atoms with Crippen LogP contribution in [0.4, 0.5) is 0 Å². The average molecular weight is 184 g/mol. The predicted molar refractivity (Wildman–Crippen MR) is 50.2 cm³/mol. The van der Waals surface area contributed by atoms with Gasteiger partial charge in [-0.2, -0.15) is 0 Å². The molecular weight excluding hydrogens is 174 g/mol. The third kappa shape index (κ3) is 1.78. The number of hydrogen-bond donors (Lipinski definition) is 2. The first-order chi connectivity index (χ1) is 5.65. The summed E-state index contributed by atoms with van der Waals surface area (Å²) in [7, 11) is 0. The van der Waals surface area contributed by atoms with E-state index in [1.807, 2.05) is 0 Å². The summed E-state index contributed by atoms with van der Waals surface area (Å²) < 4.78 is 0. The molecule has 0 fully saturated rings. The molecule has 1 atom stereocenters. The smallest absolute Gasteiger partial charge is 0.120 e. The molecule has 1 aromatic carbocycles. The van der Waals surface area contributed by atoms with Crippen molar-refractivity contribution >= 4 is 11.6 Å². The summed E-state index contributed by atoms with van der Waals surface area (Å²) >= 11 is 5.72. The SMILES string of the molecule is C=CC(N)c1cc(Cl)ccc1O. The van der Waals surface area contributed by atoms with E-state index in [-0.39, 0.29) is 11.8 Å². The van der Waals surface area contributed by atoms with Gasteiger partial charge in [0.25, 0.3) is 0 Å². The molecule has 0 radical (unpaired) electrons. The molecule has 0 saturated heterocycles. The van der Waals surface area contributed by atoms with Crippen molar-refractivity contribution in [2.45, 2.75) is 6.04 Å². The predicted octanol–water partition coefficient (Wildman–Crippen LogP) is 2.23. The van der Waals surface area contributed by atoms with Crippen LogP contribution in [0.2, 0.25) is 5.02 Å². The van der Waals surface area contributed by atoms with Gasteiger partial charge in [-0.05, 0) is 18.2 Å². The molecule has 3 N–H and O–H groups in total. The summed E-state index contributed by atoms with van der Waals surface area (Å²) in [5.74, 6) is 0.145. The molecule has 1 aromatic rings. The number of phenols is 1. The Morgan fingerprint density at radius 1 is 1.58 bits per heavy atom. The zero-order valence-corrected chi connectivity index (χ0v) is 7.25. The van der Waals surface area contributed by atoms with Crippen molar-refractivity contribution in [3.63, 3.8) is 0 Å². The summed E-state index contributed by atoms with van der Waals surface area (Å²) in [4.78, 5) is 0. The van der Waals surface area contributed by atoms with Crippen LogP contribution in [0.5, 0.6) is 5.75 Å². The van der Waals surface area contributed by atoms with E-state index in [9.17, 15) is 5.11 Å². The minimum Gasteiger partial charge on any atom is -0.508 e. The Morgan fingerprint density at radius 2 is 2.25 bits per heavy atom. The number of benzene rings is 1. The Bertz CT molecular complexity index is 299. The van der Waals surface area contributed by atoms with E-state index in [0.717, 1.165) is 0 Å². The standard InChI is InChI=1S/C9H10ClNO/c1-2-8(11)7-5-6(10)3-4-9(7)12/h2-5,8,12H,1,11H2. The van der Waals surface area contributed by atoms with Gasteiger partial charge in [0.1, 0.15) is 5.75 Å². The summed E-state index contributed by atoms with van der Waals surface area (Å²) in [6.07, 6.45) is 1.55. The molecule has 0 spiro atoms. The van der Waals surface area contributed by atoms with Gasteiger partial charge in [-0.1, -0.05) is 17.7 Å². The van der Waals surface area contributed by atoms with E-state index in [4.69, 9.17) is 17.3 Å². The van der Waals surface area contributed by atoms with Crippen LogP contribution in [0.3, 0.4) is 0 Å². The Hall–Kier alpha value is -0.990. The average Bonchev–Trinajstić information content (AvgIpc) is 2.08. The van der Waals surface area contributed by atoms with Crippen molar-refractivity contribution in [1.29, 1.82) is 0 Å². The molecule has 1 unspecified atom stereocenters. The first-order valence-corrected chi connectivity index (χ1v) is 3.89. The zero-order chi connectivity index (χ0) is 9.14. The molecule has 1 rings (SSSR count). The number of aromatic hydroxyl groups is 1. The summed E-state index contributed by atoms with van der Waals surface area (Å²) in [5, 5.41) is 9.91. The molecule has 0 aromatic heterocycles. The Morgan fingerprint density at radius 3 is 2.83 bits per heavy atom. The first kappa shape index (κ1) is 9.10. The third-order valence-corrected chi connectivity index (χ3v) is 1.84. The van der Waals surface area contributed by atoms with Crippen LogP contribution in [0.25, 0.3) is 0 Å². The number of hydrogen-bond acceptors (Lipinski definition) is 2. The molecule has 0 aliphatic carbocycles. The molecule has 0 amide bonds. The molecule has 64 valence electrons. The van der Waals surface area contributed by atoms with E-state index >= 15 is 0 Å². The maximum atomic E-state index is 9.35. The lowest BCUT2D eigenvalue weighted by molar-refractivity contribution is 0.466. The second kappa shape index (κ2) is 3.61. The van der Waals surface area contributed by atoms with Crippen molar-refractivity contribution in [3.05, 3.63) is 41.4 Å². The van der Waals surface area contributed by atoms with Gasteiger partial charge in [0.15, 0.2) is 0 Å². The van der Waals surface area contributed by atoms with Crippen LogP contribution >= 0.6 is 11.6 Å². The van der Waals surface area contributed by atoms with E-state index < -0.39 is 0 Å².